The Hall–Kier alpha value is -1.69. The molecular formula is C16H22N2O. The largest absolute Gasteiger partial charge is 0.491 e. The Morgan fingerprint density at radius 1 is 1.16 bits per heavy atom. The molecule has 1 fully saturated rings. The zero-order valence-corrected chi connectivity index (χ0v) is 11.7. The van der Waals surface area contributed by atoms with Gasteiger partial charge in [0.15, 0.2) is 0 Å². The highest BCUT2D eigenvalue weighted by Crippen LogP contribution is 2.26. The fraction of sp³-hybridized carbons (Fsp3) is 0.562. The lowest BCUT2D eigenvalue weighted by Gasteiger charge is -2.26. The van der Waals surface area contributed by atoms with Gasteiger partial charge in [0.25, 0.3) is 0 Å². The van der Waals surface area contributed by atoms with Crippen molar-refractivity contribution in [3.05, 3.63) is 24.3 Å². The predicted molar refractivity (Wildman–Crippen MR) is 77.2 cm³/mol. The van der Waals surface area contributed by atoms with Crippen molar-refractivity contribution >= 4 is 5.69 Å². The van der Waals surface area contributed by atoms with E-state index in [1.807, 2.05) is 26.0 Å². The summed E-state index contributed by atoms with van der Waals surface area (Å²) >= 11 is 0. The minimum Gasteiger partial charge on any atom is -0.491 e. The standard InChI is InChI=1S/C16H22N2O/c1-12(2)19-16-9-7-15(8-10-16)18-14-5-3-13(11-17)4-6-14/h7-10,12-14,18H,3-6H2,1-2H3. The molecule has 0 atom stereocenters. The van der Waals surface area contributed by atoms with Gasteiger partial charge in [0.05, 0.1) is 12.2 Å². The first-order valence-corrected chi connectivity index (χ1v) is 7.10. The Morgan fingerprint density at radius 2 is 1.79 bits per heavy atom. The number of nitrogens with zero attached hydrogens (tertiary/aromatic N) is 1. The van der Waals surface area contributed by atoms with Crippen LogP contribution in [0.5, 0.6) is 5.75 Å². The third-order valence-electron chi connectivity index (χ3n) is 3.51. The second-order valence-corrected chi connectivity index (χ2v) is 5.51. The molecule has 102 valence electrons. The summed E-state index contributed by atoms with van der Waals surface area (Å²) in [6, 6.07) is 11.0. The summed E-state index contributed by atoms with van der Waals surface area (Å²) in [7, 11) is 0. The first-order valence-electron chi connectivity index (χ1n) is 7.10. The molecule has 3 nitrogen and oxygen atoms in total. The first kappa shape index (κ1) is 13.7. The summed E-state index contributed by atoms with van der Waals surface area (Å²) < 4.78 is 5.62. The van der Waals surface area contributed by atoms with Gasteiger partial charge in [-0.05, 0) is 63.8 Å². The molecule has 1 aliphatic carbocycles. The van der Waals surface area contributed by atoms with E-state index in [9.17, 15) is 0 Å². The topological polar surface area (TPSA) is 45.0 Å². The minimum absolute atomic E-state index is 0.208. The lowest BCUT2D eigenvalue weighted by Crippen LogP contribution is -2.25. The van der Waals surface area contributed by atoms with Crippen LogP contribution < -0.4 is 10.1 Å². The van der Waals surface area contributed by atoms with Gasteiger partial charge < -0.3 is 10.1 Å². The average Bonchev–Trinajstić information content (AvgIpc) is 2.41. The van der Waals surface area contributed by atoms with Crippen molar-refractivity contribution < 1.29 is 4.74 Å². The number of nitrogens with one attached hydrogen (secondary N) is 1. The average molecular weight is 258 g/mol. The smallest absolute Gasteiger partial charge is 0.119 e. The van der Waals surface area contributed by atoms with Crippen LogP contribution in [0.25, 0.3) is 0 Å². The third-order valence-corrected chi connectivity index (χ3v) is 3.51. The lowest BCUT2D eigenvalue weighted by atomic mass is 9.87. The molecule has 1 aliphatic rings. The number of benzene rings is 1. The Balaban J connectivity index is 1.85. The van der Waals surface area contributed by atoms with Crippen LogP contribution in [0.2, 0.25) is 0 Å². The van der Waals surface area contributed by atoms with Crippen LogP contribution in [0.3, 0.4) is 0 Å². The molecule has 19 heavy (non-hydrogen) atoms. The maximum absolute atomic E-state index is 8.89. The number of hydrogen-bond donors (Lipinski definition) is 1. The number of hydrogen-bond acceptors (Lipinski definition) is 3. The molecule has 2 rings (SSSR count). The van der Waals surface area contributed by atoms with Crippen molar-refractivity contribution in [3.8, 4) is 11.8 Å². The van der Waals surface area contributed by atoms with Gasteiger partial charge in [-0.2, -0.15) is 5.26 Å². The number of nitriles is 1. The molecule has 1 N–H and O–H groups in total. The van der Waals surface area contributed by atoms with Crippen LogP contribution in [0.4, 0.5) is 5.69 Å². The number of ether oxygens (including phenoxy) is 1. The van der Waals surface area contributed by atoms with Crippen molar-refractivity contribution in [2.24, 2.45) is 5.92 Å². The maximum Gasteiger partial charge on any atom is 0.119 e. The fourth-order valence-corrected chi connectivity index (χ4v) is 2.50. The molecule has 0 spiro atoms. The Morgan fingerprint density at radius 3 is 2.32 bits per heavy atom. The SMILES string of the molecule is CC(C)Oc1ccc(NC2CCC(C#N)CC2)cc1. The summed E-state index contributed by atoms with van der Waals surface area (Å²) in [6.45, 7) is 4.06. The van der Waals surface area contributed by atoms with Crippen LogP contribution >= 0.6 is 0 Å². The molecule has 1 saturated carbocycles. The number of rotatable bonds is 4. The normalized spacial score (nSPS) is 22.8. The first-order chi connectivity index (χ1) is 9.17. The summed E-state index contributed by atoms with van der Waals surface area (Å²) in [5.41, 5.74) is 1.14. The Kier molecular flexibility index (Phi) is 4.68. The summed E-state index contributed by atoms with van der Waals surface area (Å²) in [5.74, 6) is 1.17. The van der Waals surface area contributed by atoms with Gasteiger partial charge in [0.1, 0.15) is 5.75 Å². The summed E-state index contributed by atoms with van der Waals surface area (Å²) in [6.07, 6.45) is 4.41. The van der Waals surface area contributed by atoms with Crippen molar-refractivity contribution in [1.29, 1.82) is 5.26 Å². The van der Waals surface area contributed by atoms with Crippen LogP contribution in [-0.2, 0) is 0 Å². The van der Waals surface area contributed by atoms with Crippen LogP contribution in [0, 0.1) is 17.2 Å². The van der Waals surface area contributed by atoms with E-state index < -0.39 is 0 Å². The molecule has 1 aromatic carbocycles. The van der Waals surface area contributed by atoms with Gasteiger partial charge in [-0.1, -0.05) is 0 Å². The number of anilines is 1. The van der Waals surface area contributed by atoms with Gasteiger partial charge in [-0.3, -0.25) is 0 Å². The molecule has 1 aromatic rings. The highest BCUT2D eigenvalue weighted by Gasteiger charge is 2.20. The molecule has 0 bridgehead atoms. The Labute approximate surface area is 115 Å². The van der Waals surface area contributed by atoms with Crippen LogP contribution in [-0.4, -0.2) is 12.1 Å². The van der Waals surface area contributed by atoms with E-state index in [1.165, 1.54) is 0 Å². The molecule has 0 amide bonds. The van der Waals surface area contributed by atoms with E-state index in [1.54, 1.807) is 0 Å². The zero-order chi connectivity index (χ0) is 13.7. The molecule has 0 heterocycles. The minimum atomic E-state index is 0.208. The van der Waals surface area contributed by atoms with E-state index in [2.05, 4.69) is 23.5 Å². The Bertz CT molecular complexity index is 425. The molecule has 0 aliphatic heterocycles. The van der Waals surface area contributed by atoms with E-state index in [0.717, 1.165) is 37.1 Å². The second-order valence-electron chi connectivity index (χ2n) is 5.51. The monoisotopic (exact) mass is 258 g/mol. The molecule has 0 saturated heterocycles. The van der Waals surface area contributed by atoms with Gasteiger partial charge in [-0.25, -0.2) is 0 Å². The third kappa shape index (κ3) is 4.17. The van der Waals surface area contributed by atoms with Gasteiger partial charge in [0.2, 0.25) is 0 Å². The van der Waals surface area contributed by atoms with Gasteiger partial charge >= 0.3 is 0 Å². The van der Waals surface area contributed by atoms with Crippen molar-refractivity contribution in [2.75, 3.05) is 5.32 Å². The summed E-state index contributed by atoms with van der Waals surface area (Å²) in [4.78, 5) is 0. The van der Waals surface area contributed by atoms with Crippen LogP contribution in [0.15, 0.2) is 24.3 Å². The highest BCUT2D eigenvalue weighted by atomic mass is 16.5. The second kappa shape index (κ2) is 6.47. The van der Waals surface area contributed by atoms with E-state index in [-0.39, 0.29) is 12.0 Å². The quantitative estimate of drug-likeness (QED) is 0.888. The van der Waals surface area contributed by atoms with Crippen molar-refractivity contribution in [2.45, 2.75) is 51.7 Å². The molecular weight excluding hydrogens is 236 g/mol. The fourth-order valence-electron chi connectivity index (χ4n) is 2.50. The van der Waals surface area contributed by atoms with Gasteiger partial charge in [0, 0.05) is 17.6 Å². The molecule has 0 aromatic heterocycles. The van der Waals surface area contributed by atoms with E-state index in [4.69, 9.17) is 10.00 Å². The molecule has 0 unspecified atom stereocenters. The lowest BCUT2D eigenvalue weighted by molar-refractivity contribution is 0.242. The maximum atomic E-state index is 8.89. The predicted octanol–water partition coefficient (Wildman–Crippen LogP) is 3.97. The molecule has 0 radical (unpaired) electrons. The van der Waals surface area contributed by atoms with E-state index >= 15 is 0 Å². The molecule has 3 heteroatoms. The highest BCUT2D eigenvalue weighted by molar-refractivity contribution is 5.47. The summed E-state index contributed by atoms with van der Waals surface area (Å²) in [5, 5.41) is 12.4. The van der Waals surface area contributed by atoms with Crippen LogP contribution in [0.1, 0.15) is 39.5 Å². The van der Waals surface area contributed by atoms with Gasteiger partial charge in [-0.15, -0.1) is 0 Å². The van der Waals surface area contributed by atoms with Crippen molar-refractivity contribution in [3.63, 3.8) is 0 Å². The van der Waals surface area contributed by atoms with Crippen molar-refractivity contribution in [1.82, 2.24) is 0 Å². The zero-order valence-electron chi connectivity index (χ0n) is 11.7. The van der Waals surface area contributed by atoms with E-state index in [0.29, 0.717) is 6.04 Å².